The normalized spacial score (nSPS) is 29.9. The van der Waals surface area contributed by atoms with Crippen LogP contribution in [0.5, 0.6) is 0 Å². The molecule has 6 nitrogen and oxygen atoms in total. The molecule has 19 heavy (non-hydrogen) atoms. The first-order valence-corrected chi connectivity index (χ1v) is 6.99. The zero-order valence-electron chi connectivity index (χ0n) is 11.8. The molecule has 2 aliphatic heterocycles. The van der Waals surface area contributed by atoms with Crippen LogP contribution >= 0.6 is 0 Å². The molecule has 2 fully saturated rings. The van der Waals surface area contributed by atoms with Crippen molar-refractivity contribution in [2.75, 3.05) is 46.8 Å². The molecule has 2 N–H and O–H groups in total. The Bertz CT molecular complexity index is 338. The van der Waals surface area contributed by atoms with Crippen LogP contribution in [0.3, 0.4) is 0 Å². The number of carbonyl (C=O) groups excluding carboxylic acids is 2. The van der Waals surface area contributed by atoms with E-state index in [0.717, 1.165) is 19.6 Å². The number of nitrogens with zero attached hydrogens (tertiary/aromatic N) is 2. The van der Waals surface area contributed by atoms with Crippen LogP contribution in [0.25, 0.3) is 0 Å². The molecular weight excluding hydrogens is 244 g/mol. The van der Waals surface area contributed by atoms with Crippen molar-refractivity contribution >= 4 is 11.8 Å². The maximum atomic E-state index is 12.0. The van der Waals surface area contributed by atoms with Crippen LogP contribution in [0.4, 0.5) is 0 Å². The van der Waals surface area contributed by atoms with E-state index >= 15 is 0 Å². The highest BCUT2D eigenvalue weighted by Gasteiger charge is 2.26. The van der Waals surface area contributed by atoms with Gasteiger partial charge >= 0.3 is 0 Å². The van der Waals surface area contributed by atoms with Crippen molar-refractivity contribution in [1.82, 2.24) is 20.4 Å². The molecule has 0 spiro atoms. The Morgan fingerprint density at radius 3 is 2.89 bits per heavy atom. The van der Waals surface area contributed by atoms with Gasteiger partial charge in [-0.1, -0.05) is 0 Å². The van der Waals surface area contributed by atoms with Crippen molar-refractivity contribution < 1.29 is 9.59 Å². The molecule has 0 aromatic rings. The van der Waals surface area contributed by atoms with Gasteiger partial charge in [0.05, 0.1) is 5.92 Å². The molecule has 2 amide bonds. The van der Waals surface area contributed by atoms with Gasteiger partial charge in [-0.25, -0.2) is 0 Å². The second-order valence-electron chi connectivity index (χ2n) is 5.68. The molecule has 0 bridgehead atoms. The summed E-state index contributed by atoms with van der Waals surface area (Å²) in [5, 5.41) is 5.78. The fourth-order valence-corrected chi connectivity index (χ4v) is 2.64. The summed E-state index contributed by atoms with van der Waals surface area (Å²) >= 11 is 0. The molecule has 0 aliphatic carbocycles. The summed E-state index contributed by atoms with van der Waals surface area (Å²) in [7, 11) is 4.21. The zero-order chi connectivity index (χ0) is 13.8. The molecule has 2 saturated heterocycles. The Morgan fingerprint density at radius 2 is 2.21 bits per heavy atom. The highest BCUT2D eigenvalue weighted by molar-refractivity contribution is 5.83. The maximum Gasteiger partial charge on any atom is 0.224 e. The van der Waals surface area contributed by atoms with Crippen LogP contribution < -0.4 is 10.6 Å². The van der Waals surface area contributed by atoms with Gasteiger partial charge in [0, 0.05) is 45.2 Å². The smallest absolute Gasteiger partial charge is 0.224 e. The second kappa shape index (κ2) is 6.34. The number of rotatable bonds is 3. The molecule has 2 heterocycles. The Labute approximate surface area is 114 Å². The van der Waals surface area contributed by atoms with Crippen molar-refractivity contribution in [3.8, 4) is 0 Å². The molecule has 0 radical (unpaired) electrons. The summed E-state index contributed by atoms with van der Waals surface area (Å²) in [6, 6.07) is 0.376. The molecule has 6 heteroatoms. The maximum absolute atomic E-state index is 12.0. The lowest BCUT2D eigenvalue weighted by Gasteiger charge is -2.38. The number of piperazine rings is 1. The first-order chi connectivity index (χ1) is 9.06. The van der Waals surface area contributed by atoms with Gasteiger partial charge in [-0.05, 0) is 20.5 Å². The molecule has 0 aromatic carbocycles. The van der Waals surface area contributed by atoms with Crippen molar-refractivity contribution in [3.63, 3.8) is 0 Å². The third-order valence-electron chi connectivity index (χ3n) is 4.13. The number of hydrogen-bond donors (Lipinski definition) is 2. The van der Waals surface area contributed by atoms with E-state index < -0.39 is 0 Å². The van der Waals surface area contributed by atoms with E-state index in [1.54, 1.807) is 0 Å². The van der Waals surface area contributed by atoms with Crippen molar-refractivity contribution in [2.45, 2.75) is 18.9 Å². The van der Waals surface area contributed by atoms with Gasteiger partial charge in [-0.15, -0.1) is 0 Å². The minimum atomic E-state index is -0.0654. The minimum Gasteiger partial charge on any atom is -0.355 e. The number of hydrogen-bond acceptors (Lipinski definition) is 4. The quantitative estimate of drug-likeness (QED) is 0.680. The van der Waals surface area contributed by atoms with E-state index in [2.05, 4.69) is 34.5 Å². The Hall–Kier alpha value is -1.14. The van der Waals surface area contributed by atoms with E-state index in [9.17, 15) is 9.59 Å². The highest BCUT2D eigenvalue weighted by atomic mass is 16.2. The summed E-state index contributed by atoms with van der Waals surface area (Å²) in [5.41, 5.74) is 0. The topological polar surface area (TPSA) is 64.7 Å². The van der Waals surface area contributed by atoms with E-state index in [4.69, 9.17) is 0 Å². The molecule has 2 unspecified atom stereocenters. The lowest BCUT2D eigenvalue weighted by atomic mass is 9.98. The molecular formula is C13H24N4O2. The van der Waals surface area contributed by atoms with Crippen LogP contribution in [-0.4, -0.2) is 74.5 Å². The first kappa shape index (κ1) is 14.3. The average Bonchev–Trinajstić information content (AvgIpc) is 2.40. The van der Waals surface area contributed by atoms with Gasteiger partial charge in [0.25, 0.3) is 0 Å². The Morgan fingerprint density at radius 1 is 1.42 bits per heavy atom. The standard InChI is InChI=1S/C13H24N4O2/c1-16-5-6-17(2)11(9-16)8-15-13(19)10-3-4-12(18)14-7-10/h10-11H,3-9H2,1-2H3,(H,14,18)(H,15,19). The van der Waals surface area contributed by atoms with E-state index in [1.807, 2.05) is 0 Å². The summed E-state index contributed by atoms with van der Waals surface area (Å²) < 4.78 is 0. The van der Waals surface area contributed by atoms with Crippen LogP contribution in [0.15, 0.2) is 0 Å². The Kier molecular flexibility index (Phi) is 4.76. The number of piperidine rings is 1. The number of nitrogens with one attached hydrogen (secondary N) is 2. The van der Waals surface area contributed by atoms with Crippen molar-refractivity contribution in [3.05, 3.63) is 0 Å². The minimum absolute atomic E-state index is 0.0534. The van der Waals surface area contributed by atoms with E-state index in [0.29, 0.717) is 32.0 Å². The molecule has 0 aromatic heterocycles. The van der Waals surface area contributed by atoms with Crippen LogP contribution in [0.1, 0.15) is 12.8 Å². The first-order valence-electron chi connectivity index (χ1n) is 6.99. The lowest BCUT2D eigenvalue weighted by Crippen LogP contribution is -2.55. The van der Waals surface area contributed by atoms with Crippen molar-refractivity contribution in [1.29, 1.82) is 0 Å². The molecule has 2 rings (SSSR count). The third kappa shape index (κ3) is 3.91. The average molecular weight is 268 g/mol. The largest absolute Gasteiger partial charge is 0.355 e. The number of likely N-dealkylation sites (N-methyl/N-ethyl adjacent to an activating group) is 2. The van der Waals surface area contributed by atoms with Crippen LogP contribution in [-0.2, 0) is 9.59 Å². The third-order valence-corrected chi connectivity index (χ3v) is 4.13. The monoisotopic (exact) mass is 268 g/mol. The molecule has 2 aliphatic rings. The number of carbonyl (C=O) groups is 2. The SMILES string of the molecule is CN1CCN(C)C(CNC(=O)C2CCC(=O)NC2)C1. The fraction of sp³-hybridized carbons (Fsp3) is 0.846. The summed E-state index contributed by atoms with van der Waals surface area (Å²) in [6.45, 7) is 4.26. The van der Waals surface area contributed by atoms with Gasteiger partial charge in [0.1, 0.15) is 0 Å². The van der Waals surface area contributed by atoms with Crippen molar-refractivity contribution in [2.24, 2.45) is 5.92 Å². The summed E-state index contributed by atoms with van der Waals surface area (Å²) in [6.07, 6.45) is 1.13. The zero-order valence-corrected chi connectivity index (χ0v) is 11.8. The second-order valence-corrected chi connectivity index (χ2v) is 5.68. The number of amides is 2. The predicted molar refractivity (Wildman–Crippen MR) is 72.7 cm³/mol. The highest BCUT2D eigenvalue weighted by Crippen LogP contribution is 2.11. The van der Waals surface area contributed by atoms with Gasteiger partial charge in [0.2, 0.25) is 11.8 Å². The van der Waals surface area contributed by atoms with Gasteiger partial charge in [0.15, 0.2) is 0 Å². The van der Waals surface area contributed by atoms with Crippen LogP contribution in [0, 0.1) is 5.92 Å². The lowest BCUT2D eigenvalue weighted by molar-refractivity contribution is -0.129. The van der Waals surface area contributed by atoms with Gasteiger partial charge in [-0.2, -0.15) is 0 Å². The fourth-order valence-electron chi connectivity index (χ4n) is 2.64. The van der Waals surface area contributed by atoms with Crippen LogP contribution in [0.2, 0.25) is 0 Å². The van der Waals surface area contributed by atoms with E-state index in [-0.39, 0.29) is 17.7 Å². The van der Waals surface area contributed by atoms with E-state index in [1.165, 1.54) is 0 Å². The molecule has 108 valence electrons. The van der Waals surface area contributed by atoms with Gasteiger partial charge in [-0.3, -0.25) is 14.5 Å². The molecule has 0 saturated carbocycles. The van der Waals surface area contributed by atoms with Gasteiger partial charge < -0.3 is 15.5 Å². The molecule has 2 atom stereocenters. The Balaban J connectivity index is 1.75. The summed E-state index contributed by atoms with van der Waals surface area (Å²) in [5.74, 6) is 0.0589. The predicted octanol–water partition coefficient (Wildman–Crippen LogP) is -1.13. The summed E-state index contributed by atoms with van der Waals surface area (Å²) in [4.78, 5) is 27.7.